The molecule has 0 radical (unpaired) electrons. The van der Waals surface area contributed by atoms with Crippen molar-refractivity contribution in [3.63, 3.8) is 0 Å². The molecule has 1 aromatic rings. The maximum absolute atomic E-state index is 11.5. The molecule has 0 saturated heterocycles. The standard InChI is InChI=1S/C14H20ClNO2/c1-11(2)7-9-16-14(17)8-10-18-13-5-3-12(15)4-6-13/h3-6,11H,7-10H2,1-2H3,(H,16,17). The average molecular weight is 270 g/mol. The zero-order valence-corrected chi connectivity index (χ0v) is 11.7. The fourth-order valence-electron chi connectivity index (χ4n) is 1.38. The Balaban J connectivity index is 2.13. The summed E-state index contributed by atoms with van der Waals surface area (Å²) < 4.78 is 5.44. The van der Waals surface area contributed by atoms with Crippen molar-refractivity contribution in [2.24, 2.45) is 5.92 Å². The first-order valence-corrected chi connectivity index (χ1v) is 6.61. The number of hydrogen-bond donors (Lipinski definition) is 1. The van der Waals surface area contributed by atoms with Crippen LogP contribution in [0.15, 0.2) is 24.3 Å². The second kappa shape index (κ2) is 7.98. The van der Waals surface area contributed by atoms with E-state index in [2.05, 4.69) is 19.2 Å². The molecule has 0 bridgehead atoms. The zero-order valence-electron chi connectivity index (χ0n) is 10.9. The molecule has 18 heavy (non-hydrogen) atoms. The first-order chi connectivity index (χ1) is 8.58. The van der Waals surface area contributed by atoms with Gasteiger partial charge in [0.15, 0.2) is 0 Å². The molecule has 3 nitrogen and oxygen atoms in total. The minimum atomic E-state index is 0.0320. The highest BCUT2D eigenvalue weighted by Crippen LogP contribution is 2.15. The summed E-state index contributed by atoms with van der Waals surface area (Å²) >= 11 is 5.76. The topological polar surface area (TPSA) is 38.3 Å². The van der Waals surface area contributed by atoms with Gasteiger partial charge >= 0.3 is 0 Å². The van der Waals surface area contributed by atoms with E-state index in [1.165, 1.54) is 0 Å². The molecule has 1 N–H and O–H groups in total. The second-order valence-electron chi connectivity index (χ2n) is 4.58. The Morgan fingerprint density at radius 3 is 2.61 bits per heavy atom. The van der Waals surface area contributed by atoms with Gasteiger partial charge < -0.3 is 10.1 Å². The maximum Gasteiger partial charge on any atom is 0.223 e. The van der Waals surface area contributed by atoms with Gasteiger partial charge in [0.1, 0.15) is 5.75 Å². The molecular formula is C14H20ClNO2. The van der Waals surface area contributed by atoms with Crippen LogP contribution in [0.4, 0.5) is 0 Å². The summed E-state index contributed by atoms with van der Waals surface area (Å²) in [5.74, 6) is 1.37. The lowest BCUT2D eigenvalue weighted by Gasteiger charge is -2.08. The summed E-state index contributed by atoms with van der Waals surface area (Å²) in [6, 6.07) is 7.11. The van der Waals surface area contributed by atoms with Crippen LogP contribution in [0.2, 0.25) is 5.02 Å². The molecule has 4 heteroatoms. The number of amides is 1. The number of carbonyl (C=O) groups is 1. The summed E-state index contributed by atoms with van der Waals surface area (Å²) in [4.78, 5) is 11.5. The van der Waals surface area contributed by atoms with Gasteiger partial charge in [0.05, 0.1) is 13.0 Å². The predicted octanol–water partition coefficient (Wildman–Crippen LogP) is 3.27. The van der Waals surface area contributed by atoms with Gasteiger partial charge in [0.2, 0.25) is 5.91 Å². The molecule has 1 amide bonds. The molecule has 0 unspecified atom stereocenters. The Kier molecular flexibility index (Phi) is 6.58. The third kappa shape index (κ3) is 6.50. The van der Waals surface area contributed by atoms with E-state index < -0.39 is 0 Å². The number of hydrogen-bond acceptors (Lipinski definition) is 2. The van der Waals surface area contributed by atoms with E-state index in [9.17, 15) is 4.79 Å². The summed E-state index contributed by atoms with van der Waals surface area (Å²) in [6.45, 7) is 5.39. The predicted molar refractivity (Wildman–Crippen MR) is 74.0 cm³/mol. The van der Waals surface area contributed by atoms with Crippen LogP contribution in [0.3, 0.4) is 0 Å². The fraction of sp³-hybridized carbons (Fsp3) is 0.500. The van der Waals surface area contributed by atoms with Gasteiger partial charge in [0, 0.05) is 11.6 Å². The highest BCUT2D eigenvalue weighted by atomic mass is 35.5. The summed E-state index contributed by atoms with van der Waals surface area (Å²) in [5, 5.41) is 3.54. The van der Waals surface area contributed by atoms with Crippen LogP contribution in [-0.2, 0) is 4.79 Å². The summed E-state index contributed by atoms with van der Waals surface area (Å²) in [7, 11) is 0. The normalized spacial score (nSPS) is 10.4. The van der Waals surface area contributed by atoms with E-state index in [0.717, 1.165) is 18.7 Å². The smallest absolute Gasteiger partial charge is 0.223 e. The van der Waals surface area contributed by atoms with Gasteiger partial charge in [-0.05, 0) is 36.6 Å². The van der Waals surface area contributed by atoms with Crippen LogP contribution in [0.25, 0.3) is 0 Å². The molecule has 0 atom stereocenters. The Bertz CT molecular complexity index is 363. The Morgan fingerprint density at radius 1 is 1.33 bits per heavy atom. The highest BCUT2D eigenvalue weighted by Gasteiger charge is 2.02. The Morgan fingerprint density at radius 2 is 2.00 bits per heavy atom. The van der Waals surface area contributed by atoms with Crippen molar-refractivity contribution in [1.82, 2.24) is 5.32 Å². The number of benzene rings is 1. The van der Waals surface area contributed by atoms with Crippen molar-refractivity contribution >= 4 is 17.5 Å². The number of carbonyl (C=O) groups excluding carboxylic acids is 1. The second-order valence-corrected chi connectivity index (χ2v) is 5.02. The van der Waals surface area contributed by atoms with Crippen LogP contribution in [-0.4, -0.2) is 19.1 Å². The Labute approximate surface area is 113 Å². The van der Waals surface area contributed by atoms with Crippen LogP contribution >= 0.6 is 11.6 Å². The molecule has 0 fully saturated rings. The molecule has 0 aliphatic carbocycles. The van der Waals surface area contributed by atoms with Crippen molar-refractivity contribution in [1.29, 1.82) is 0 Å². The van der Waals surface area contributed by atoms with Crippen LogP contribution in [0.5, 0.6) is 5.75 Å². The van der Waals surface area contributed by atoms with Crippen molar-refractivity contribution < 1.29 is 9.53 Å². The summed E-state index contributed by atoms with van der Waals surface area (Å²) in [5.41, 5.74) is 0. The van der Waals surface area contributed by atoms with Gasteiger partial charge in [-0.15, -0.1) is 0 Å². The third-order valence-electron chi connectivity index (χ3n) is 2.46. The van der Waals surface area contributed by atoms with Gasteiger partial charge in [-0.25, -0.2) is 0 Å². The molecule has 0 saturated carbocycles. The van der Waals surface area contributed by atoms with Gasteiger partial charge in [-0.1, -0.05) is 25.4 Å². The lowest BCUT2D eigenvalue weighted by atomic mass is 10.1. The minimum absolute atomic E-state index is 0.0320. The highest BCUT2D eigenvalue weighted by molar-refractivity contribution is 6.30. The third-order valence-corrected chi connectivity index (χ3v) is 2.71. The lowest BCUT2D eigenvalue weighted by molar-refractivity contribution is -0.121. The fourth-order valence-corrected chi connectivity index (χ4v) is 1.51. The minimum Gasteiger partial charge on any atom is -0.493 e. The van der Waals surface area contributed by atoms with Gasteiger partial charge in [0.25, 0.3) is 0 Å². The molecule has 100 valence electrons. The number of rotatable bonds is 7. The SMILES string of the molecule is CC(C)CCNC(=O)CCOc1ccc(Cl)cc1. The number of nitrogens with one attached hydrogen (secondary N) is 1. The summed E-state index contributed by atoms with van der Waals surface area (Å²) in [6.07, 6.45) is 1.38. The van der Waals surface area contributed by atoms with Crippen LogP contribution in [0, 0.1) is 5.92 Å². The molecule has 0 aliphatic rings. The van der Waals surface area contributed by atoms with E-state index in [1.807, 2.05) is 0 Å². The zero-order chi connectivity index (χ0) is 13.4. The molecular weight excluding hydrogens is 250 g/mol. The van der Waals surface area contributed by atoms with Crippen molar-refractivity contribution in [2.75, 3.05) is 13.2 Å². The molecule has 1 aromatic carbocycles. The molecule has 0 spiro atoms. The number of ether oxygens (including phenoxy) is 1. The first-order valence-electron chi connectivity index (χ1n) is 6.23. The molecule has 0 heterocycles. The van der Waals surface area contributed by atoms with E-state index in [4.69, 9.17) is 16.3 Å². The van der Waals surface area contributed by atoms with Crippen LogP contribution < -0.4 is 10.1 Å². The molecule has 1 rings (SSSR count). The van der Waals surface area contributed by atoms with Crippen molar-refractivity contribution in [2.45, 2.75) is 26.7 Å². The van der Waals surface area contributed by atoms with Crippen molar-refractivity contribution in [3.8, 4) is 5.75 Å². The van der Waals surface area contributed by atoms with E-state index in [0.29, 0.717) is 24.0 Å². The quantitative estimate of drug-likeness (QED) is 0.825. The van der Waals surface area contributed by atoms with Crippen molar-refractivity contribution in [3.05, 3.63) is 29.3 Å². The largest absolute Gasteiger partial charge is 0.493 e. The van der Waals surface area contributed by atoms with E-state index in [-0.39, 0.29) is 5.91 Å². The first kappa shape index (κ1) is 14.8. The van der Waals surface area contributed by atoms with Gasteiger partial charge in [-0.3, -0.25) is 4.79 Å². The monoisotopic (exact) mass is 269 g/mol. The van der Waals surface area contributed by atoms with E-state index in [1.54, 1.807) is 24.3 Å². The van der Waals surface area contributed by atoms with Crippen LogP contribution in [0.1, 0.15) is 26.7 Å². The maximum atomic E-state index is 11.5. The molecule has 0 aliphatic heterocycles. The average Bonchev–Trinajstić information content (AvgIpc) is 2.31. The van der Waals surface area contributed by atoms with E-state index >= 15 is 0 Å². The van der Waals surface area contributed by atoms with Gasteiger partial charge in [-0.2, -0.15) is 0 Å². The Hall–Kier alpha value is -1.22. The molecule has 0 aromatic heterocycles. The number of halogens is 1. The lowest BCUT2D eigenvalue weighted by Crippen LogP contribution is -2.26.